The Morgan fingerprint density at radius 3 is 2.86 bits per heavy atom. The van der Waals surface area contributed by atoms with Gasteiger partial charge in [-0.25, -0.2) is 9.37 Å². The van der Waals surface area contributed by atoms with Crippen molar-refractivity contribution < 1.29 is 18.7 Å². The molecule has 1 aromatic heterocycles. The number of alkyl halides is 1. The van der Waals surface area contributed by atoms with Crippen molar-refractivity contribution in [2.75, 3.05) is 20.3 Å². The number of fused-ring (bicyclic) bond motifs is 2. The highest BCUT2D eigenvalue weighted by molar-refractivity contribution is 6.09. The molecule has 2 heterocycles. The lowest BCUT2D eigenvalue weighted by Crippen LogP contribution is -2.33. The number of benzene rings is 2. The molecule has 3 aromatic rings. The summed E-state index contributed by atoms with van der Waals surface area (Å²) in [4.78, 5) is 30.6. The van der Waals surface area contributed by atoms with Crippen molar-refractivity contribution in [3.05, 3.63) is 58.9 Å². The van der Waals surface area contributed by atoms with Crippen molar-refractivity contribution in [2.45, 2.75) is 38.9 Å². The van der Waals surface area contributed by atoms with E-state index in [0.717, 1.165) is 11.1 Å². The minimum absolute atomic E-state index is 0.179. The predicted octanol–water partition coefficient (Wildman–Crippen LogP) is 3.10. The molecule has 0 radical (unpaired) electrons. The number of hydrogen-bond donors (Lipinski definition) is 4. The lowest BCUT2D eigenvalue weighted by atomic mass is 10.0. The number of amides is 2. The first-order valence-electron chi connectivity index (χ1n) is 11.6. The Kier molecular flexibility index (Phi) is 7.28. The van der Waals surface area contributed by atoms with Crippen LogP contribution in [0.1, 0.15) is 57.9 Å². The van der Waals surface area contributed by atoms with Gasteiger partial charge in [0.2, 0.25) is 0 Å². The molecule has 0 saturated heterocycles. The van der Waals surface area contributed by atoms with Crippen LogP contribution in [-0.4, -0.2) is 47.5 Å². The van der Waals surface area contributed by atoms with E-state index < -0.39 is 12.7 Å². The van der Waals surface area contributed by atoms with Gasteiger partial charge in [0.25, 0.3) is 11.8 Å². The van der Waals surface area contributed by atoms with Crippen LogP contribution in [0.15, 0.2) is 36.4 Å². The van der Waals surface area contributed by atoms with E-state index >= 15 is 0 Å². The maximum atomic E-state index is 13.4. The summed E-state index contributed by atoms with van der Waals surface area (Å²) in [6.45, 7) is 2.55. The first-order valence-corrected chi connectivity index (χ1v) is 11.6. The van der Waals surface area contributed by atoms with Crippen molar-refractivity contribution in [2.24, 2.45) is 0 Å². The van der Waals surface area contributed by atoms with Crippen LogP contribution in [0, 0.1) is 5.41 Å². The monoisotopic (exact) mass is 480 g/mol. The topological polar surface area (TPSA) is 121 Å². The molecule has 0 saturated carbocycles. The average Bonchev–Trinajstić information content (AvgIpc) is 3.45. The number of halogens is 1. The average molecular weight is 481 g/mol. The van der Waals surface area contributed by atoms with E-state index in [0.29, 0.717) is 60.7 Å². The van der Waals surface area contributed by atoms with Gasteiger partial charge in [0.15, 0.2) is 0 Å². The molecule has 1 aliphatic heterocycles. The molecule has 1 aliphatic rings. The van der Waals surface area contributed by atoms with Gasteiger partial charge >= 0.3 is 0 Å². The number of carbonyl (C=O) groups is 2. The zero-order valence-electron chi connectivity index (χ0n) is 19.8. The Hall–Kier alpha value is -3.95. The number of imidazole rings is 1. The molecule has 0 aliphatic carbocycles. The summed E-state index contributed by atoms with van der Waals surface area (Å²) < 4.78 is 20.1. The maximum absolute atomic E-state index is 13.4. The number of hydrogen-bond acceptors (Lipinski definition) is 5. The first-order chi connectivity index (χ1) is 17.0. The lowest BCUT2D eigenvalue weighted by molar-refractivity contribution is 0.0912. The third-order valence-electron chi connectivity index (χ3n) is 6.13. The third kappa shape index (κ3) is 4.82. The number of rotatable bonds is 10. The molecule has 1 atom stereocenters. The summed E-state index contributed by atoms with van der Waals surface area (Å²) >= 11 is 0. The zero-order chi connectivity index (χ0) is 24.9. The Balaban J connectivity index is 1.67. The maximum Gasteiger partial charge on any atom is 0.252 e. The number of nitrogens with one attached hydrogen (secondary N) is 4. The number of nitrogens with zero attached hydrogens (tertiary/aromatic N) is 2. The van der Waals surface area contributed by atoms with E-state index in [4.69, 9.17) is 15.1 Å². The van der Waals surface area contributed by atoms with E-state index in [-0.39, 0.29) is 17.6 Å². The van der Waals surface area contributed by atoms with Crippen LogP contribution in [-0.2, 0) is 13.1 Å². The molecule has 9 nitrogen and oxygen atoms in total. The van der Waals surface area contributed by atoms with Crippen LogP contribution in [0.3, 0.4) is 0 Å². The molecule has 184 valence electrons. The van der Waals surface area contributed by atoms with Crippen molar-refractivity contribution in [1.82, 2.24) is 25.5 Å². The second-order valence-electron chi connectivity index (χ2n) is 8.27. The molecule has 0 spiro atoms. The highest BCUT2D eigenvalue weighted by atomic mass is 19.1. The van der Waals surface area contributed by atoms with Gasteiger partial charge in [-0.1, -0.05) is 18.2 Å². The quantitative estimate of drug-likeness (QED) is 0.202. The van der Waals surface area contributed by atoms with Crippen molar-refractivity contribution >= 4 is 28.7 Å². The fourth-order valence-corrected chi connectivity index (χ4v) is 4.47. The van der Waals surface area contributed by atoms with Gasteiger partial charge in [-0.15, -0.1) is 0 Å². The number of carbonyl (C=O) groups excluding carboxylic acids is 2. The van der Waals surface area contributed by atoms with Gasteiger partial charge in [-0.2, -0.15) is 0 Å². The standard InChI is InChI=1S/C25H29FN6O3/c1-3-32-18-10-5-11-19(35-2)22(18)31-23(32)17(9-6-12-28-20(27)13-26)30-24(33)16-8-4-7-15-14-29-25(34)21(15)16/h4-5,7-8,10-11,17H,3,6,9,12-14H2,1-2H3,(H2,27,28)(H,29,34)(H,30,33). The Bertz CT molecular complexity index is 1270. The molecule has 0 bridgehead atoms. The molecule has 35 heavy (non-hydrogen) atoms. The molecular weight excluding hydrogens is 451 g/mol. The van der Waals surface area contributed by atoms with Gasteiger partial charge in [-0.3, -0.25) is 15.0 Å². The predicted molar refractivity (Wildman–Crippen MR) is 131 cm³/mol. The second kappa shape index (κ2) is 10.5. The molecule has 4 N–H and O–H groups in total. The zero-order valence-corrected chi connectivity index (χ0v) is 19.8. The van der Waals surface area contributed by atoms with Crippen LogP contribution in [0.5, 0.6) is 5.75 Å². The van der Waals surface area contributed by atoms with Crippen LogP contribution in [0.4, 0.5) is 4.39 Å². The summed E-state index contributed by atoms with van der Waals surface area (Å²) in [5.74, 6) is 0.494. The molecule has 4 rings (SSSR count). The van der Waals surface area contributed by atoms with Crippen LogP contribution in [0.2, 0.25) is 0 Å². The summed E-state index contributed by atoms with van der Waals surface area (Å²) in [5, 5.41) is 16.0. The molecular formula is C25H29FN6O3. The summed E-state index contributed by atoms with van der Waals surface area (Å²) in [6.07, 6.45) is 1.05. The summed E-state index contributed by atoms with van der Waals surface area (Å²) in [5.41, 5.74) is 3.09. The van der Waals surface area contributed by atoms with Crippen LogP contribution < -0.4 is 20.7 Å². The molecule has 0 fully saturated rings. The SMILES string of the molecule is CCn1c(C(CCCNC(=N)CF)NC(=O)c2cccc3c2C(=O)NC3)nc2c(OC)cccc21. The smallest absolute Gasteiger partial charge is 0.252 e. The second-order valence-corrected chi connectivity index (χ2v) is 8.27. The van der Waals surface area contributed by atoms with Gasteiger partial charge in [0, 0.05) is 19.6 Å². The fraction of sp³-hybridized carbons (Fsp3) is 0.360. The number of aromatic nitrogens is 2. The van der Waals surface area contributed by atoms with Gasteiger partial charge in [0.1, 0.15) is 29.6 Å². The van der Waals surface area contributed by atoms with Crippen LogP contribution >= 0.6 is 0 Å². The van der Waals surface area contributed by atoms with Crippen molar-refractivity contribution in [3.8, 4) is 5.75 Å². The van der Waals surface area contributed by atoms with Gasteiger partial charge < -0.3 is 25.3 Å². The minimum Gasteiger partial charge on any atom is -0.494 e. The Morgan fingerprint density at radius 1 is 1.31 bits per heavy atom. The summed E-state index contributed by atoms with van der Waals surface area (Å²) in [7, 11) is 1.59. The lowest BCUT2D eigenvalue weighted by Gasteiger charge is -2.20. The van der Waals surface area contributed by atoms with Crippen molar-refractivity contribution in [3.63, 3.8) is 0 Å². The van der Waals surface area contributed by atoms with E-state index in [1.54, 1.807) is 19.2 Å². The normalized spacial score (nSPS) is 13.3. The first kappa shape index (κ1) is 24.2. The Morgan fingerprint density at radius 2 is 2.11 bits per heavy atom. The minimum atomic E-state index is -0.854. The van der Waals surface area contributed by atoms with E-state index in [1.807, 2.05) is 35.8 Å². The van der Waals surface area contributed by atoms with Gasteiger partial charge in [-0.05, 0) is 43.5 Å². The highest BCUT2D eigenvalue weighted by Gasteiger charge is 2.28. The molecule has 2 aromatic carbocycles. The highest BCUT2D eigenvalue weighted by Crippen LogP contribution is 2.30. The number of amidine groups is 1. The number of aryl methyl sites for hydroxylation is 1. The molecule has 10 heteroatoms. The third-order valence-corrected chi connectivity index (χ3v) is 6.13. The number of ether oxygens (including phenoxy) is 1. The number of para-hydroxylation sites is 1. The van der Waals surface area contributed by atoms with Gasteiger partial charge in [0.05, 0.1) is 29.8 Å². The summed E-state index contributed by atoms with van der Waals surface area (Å²) in [6, 6.07) is 10.4. The van der Waals surface area contributed by atoms with E-state index in [1.165, 1.54) is 0 Å². The molecule has 2 amide bonds. The van der Waals surface area contributed by atoms with Crippen LogP contribution in [0.25, 0.3) is 11.0 Å². The fourth-order valence-electron chi connectivity index (χ4n) is 4.47. The van der Waals surface area contributed by atoms with E-state index in [2.05, 4.69) is 16.0 Å². The molecule has 1 unspecified atom stereocenters. The Labute approximate surface area is 202 Å². The van der Waals surface area contributed by atoms with E-state index in [9.17, 15) is 14.0 Å². The largest absolute Gasteiger partial charge is 0.494 e. The number of methoxy groups -OCH3 is 1. The van der Waals surface area contributed by atoms with Crippen molar-refractivity contribution in [1.29, 1.82) is 5.41 Å².